The third-order valence-electron chi connectivity index (χ3n) is 2.57. The lowest BCUT2D eigenvalue weighted by Gasteiger charge is -2.04. The third kappa shape index (κ3) is 4.18. The average molecular weight is 259 g/mol. The third-order valence-corrected chi connectivity index (χ3v) is 2.57. The van der Waals surface area contributed by atoms with Crippen molar-refractivity contribution in [3.63, 3.8) is 0 Å². The number of carbonyl (C=O) groups is 1. The Bertz CT molecular complexity index is 523. The van der Waals surface area contributed by atoms with E-state index in [4.69, 9.17) is 0 Å². The van der Waals surface area contributed by atoms with Gasteiger partial charge >= 0.3 is 0 Å². The molecule has 6 heteroatoms. The van der Waals surface area contributed by atoms with Gasteiger partial charge in [0.25, 0.3) is 0 Å². The van der Waals surface area contributed by atoms with Gasteiger partial charge in [-0.3, -0.25) is 9.48 Å². The molecule has 0 radical (unpaired) electrons. The van der Waals surface area contributed by atoms with E-state index >= 15 is 0 Å². The van der Waals surface area contributed by atoms with Crippen LogP contribution in [0.2, 0.25) is 0 Å². The minimum atomic E-state index is -0.0307. The average Bonchev–Trinajstić information content (AvgIpc) is 2.86. The minimum absolute atomic E-state index is 0.0307. The molecule has 0 bridgehead atoms. The summed E-state index contributed by atoms with van der Waals surface area (Å²) in [4.78, 5) is 11.7. The van der Waals surface area contributed by atoms with E-state index in [0.717, 1.165) is 11.4 Å². The Hall–Kier alpha value is -2.21. The van der Waals surface area contributed by atoms with Crippen LogP contribution < -0.4 is 10.6 Å². The molecule has 2 rings (SSSR count). The first kappa shape index (κ1) is 13.2. The van der Waals surface area contributed by atoms with Crippen LogP contribution in [0.3, 0.4) is 0 Å². The van der Waals surface area contributed by atoms with Gasteiger partial charge in [-0.2, -0.15) is 0 Å². The maximum atomic E-state index is 11.7. The van der Waals surface area contributed by atoms with E-state index in [-0.39, 0.29) is 5.91 Å². The van der Waals surface area contributed by atoms with E-state index in [1.807, 2.05) is 43.6 Å². The lowest BCUT2D eigenvalue weighted by Crippen LogP contribution is -2.14. The second kappa shape index (κ2) is 6.65. The van der Waals surface area contributed by atoms with Gasteiger partial charge in [-0.25, -0.2) is 0 Å². The number of rotatable bonds is 6. The van der Waals surface area contributed by atoms with Crippen LogP contribution in [-0.2, 0) is 17.9 Å². The molecule has 6 nitrogen and oxygen atoms in total. The largest absolute Gasteiger partial charge is 0.326 e. The van der Waals surface area contributed by atoms with Crippen LogP contribution in [0.4, 0.5) is 5.69 Å². The van der Waals surface area contributed by atoms with Crippen LogP contribution in [0, 0.1) is 0 Å². The molecule has 1 aromatic heterocycles. The summed E-state index contributed by atoms with van der Waals surface area (Å²) in [6.07, 6.45) is 2.21. The SMILES string of the molecule is CNCc1cn(CCC(=O)Nc2ccccc2)nn1. The number of nitrogens with one attached hydrogen (secondary N) is 2. The lowest BCUT2D eigenvalue weighted by atomic mass is 10.3. The fourth-order valence-electron chi connectivity index (χ4n) is 1.67. The summed E-state index contributed by atoms with van der Waals surface area (Å²) in [7, 11) is 1.85. The van der Waals surface area contributed by atoms with E-state index in [1.165, 1.54) is 0 Å². The number of hydrogen-bond acceptors (Lipinski definition) is 4. The normalized spacial score (nSPS) is 10.4. The highest BCUT2D eigenvalue weighted by Gasteiger charge is 2.04. The Kier molecular flexibility index (Phi) is 4.63. The fraction of sp³-hybridized carbons (Fsp3) is 0.308. The Morgan fingerprint density at radius 2 is 2.11 bits per heavy atom. The van der Waals surface area contributed by atoms with Gasteiger partial charge in [-0.15, -0.1) is 5.10 Å². The molecule has 0 fully saturated rings. The smallest absolute Gasteiger partial charge is 0.226 e. The highest BCUT2D eigenvalue weighted by molar-refractivity contribution is 5.90. The van der Waals surface area contributed by atoms with Crippen molar-refractivity contribution in [2.45, 2.75) is 19.5 Å². The summed E-state index contributed by atoms with van der Waals surface area (Å²) in [5, 5.41) is 13.8. The molecule has 1 amide bonds. The van der Waals surface area contributed by atoms with E-state index in [1.54, 1.807) is 4.68 Å². The number of anilines is 1. The molecule has 1 heterocycles. The van der Waals surface area contributed by atoms with Crippen LogP contribution in [0.15, 0.2) is 36.5 Å². The van der Waals surface area contributed by atoms with Crippen molar-refractivity contribution in [2.24, 2.45) is 0 Å². The van der Waals surface area contributed by atoms with Crippen molar-refractivity contribution >= 4 is 11.6 Å². The molecule has 0 aliphatic heterocycles. The summed E-state index contributed by atoms with van der Waals surface area (Å²) >= 11 is 0. The van der Waals surface area contributed by atoms with E-state index < -0.39 is 0 Å². The van der Waals surface area contributed by atoms with Gasteiger partial charge in [0.15, 0.2) is 0 Å². The second-order valence-electron chi connectivity index (χ2n) is 4.17. The Morgan fingerprint density at radius 1 is 1.32 bits per heavy atom. The van der Waals surface area contributed by atoms with Crippen molar-refractivity contribution in [2.75, 3.05) is 12.4 Å². The first-order valence-corrected chi connectivity index (χ1v) is 6.16. The molecule has 100 valence electrons. The van der Waals surface area contributed by atoms with Gasteiger partial charge in [0, 0.05) is 24.8 Å². The first-order chi connectivity index (χ1) is 9.28. The zero-order chi connectivity index (χ0) is 13.5. The monoisotopic (exact) mass is 259 g/mol. The first-order valence-electron chi connectivity index (χ1n) is 6.16. The Labute approximate surface area is 111 Å². The van der Waals surface area contributed by atoms with Crippen LogP contribution in [0.1, 0.15) is 12.1 Å². The highest BCUT2D eigenvalue weighted by atomic mass is 16.1. The molecule has 0 spiro atoms. The molecule has 0 saturated carbocycles. The van der Waals surface area contributed by atoms with Crippen LogP contribution >= 0.6 is 0 Å². The summed E-state index contributed by atoms with van der Waals surface area (Å²) in [5.74, 6) is -0.0307. The maximum absolute atomic E-state index is 11.7. The van der Waals surface area contributed by atoms with Crippen molar-refractivity contribution in [1.29, 1.82) is 0 Å². The van der Waals surface area contributed by atoms with Crippen LogP contribution in [0.25, 0.3) is 0 Å². The number of nitrogens with zero attached hydrogens (tertiary/aromatic N) is 3. The Balaban J connectivity index is 1.79. The van der Waals surface area contributed by atoms with E-state index in [0.29, 0.717) is 19.5 Å². The number of amides is 1. The predicted molar refractivity (Wildman–Crippen MR) is 72.5 cm³/mol. The number of aryl methyl sites for hydroxylation is 1. The number of para-hydroxylation sites is 1. The minimum Gasteiger partial charge on any atom is -0.326 e. The summed E-state index contributed by atoms with van der Waals surface area (Å²) < 4.78 is 1.68. The van der Waals surface area contributed by atoms with Gasteiger partial charge in [0.05, 0.1) is 12.2 Å². The lowest BCUT2D eigenvalue weighted by molar-refractivity contribution is -0.116. The van der Waals surface area contributed by atoms with Crippen LogP contribution in [-0.4, -0.2) is 27.9 Å². The second-order valence-corrected chi connectivity index (χ2v) is 4.17. The van der Waals surface area contributed by atoms with Gasteiger partial charge in [-0.1, -0.05) is 23.4 Å². The molecule has 0 aliphatic carbocycles. The van der Waals surface area contributed by atoms with Crippen LogP contribution in [0.5, 0.6) is 0 Å². The van der Waals surface area contributed by atoms with Gasteiger partial charge < -0.3 is 10.6 Å². The standard InChI is InChI=1S/C13H17N5O/c1-14-9-12-10-18(17-16-12)8-7-13(19)15-11-5-3-2-4-6-11/h2-6,10,14H,7-9H2,1H3,(H,15,19). The number of carbonyl (C=O) groups excluding carboxylic acids is 1. The molecule has 2 aromatic rings. The topological polar surface area (TPSA) is 71.8 Å². The predicted octanol–water partition coefficient (Wildman–Crippen LogP) is 1.03. The molecule has 0 aliphatic rings. The molecule has 2 N–H and O–H groups in total. The molecule has 0 saturated heterocycles. The fourth-order valence-corrected chi connectivity index (χ4v) is 1.67. The van der Waals surface area contributed by atoms with E-state index in [9.17, 15) is 4.79 Å². The van der Waals surface area contributed by atoms with Crippen molar-refractivity contribution in [3.8, 4) is 0 Å². The molecule has 1 aromatic carbocycles. The summed E-state index contributed by atoms with van der Waals surface area (Å²) in [5.41, 5.74) is 1.67. The van der Waals surface area contributed by atoms with Gasteiger partial charge in [-0.05, 0) is 19.2 Å². The van der Waals surface area contributed by atoms with Crippen molar-refractivity contribution in [1.82, 2.24) is 20.3 Å². The molecular formula is C13H17N5O. The number of benzene rings is 1. The van der Waals surface area contributed by atoms with E-state index in [2.05, 4.69) is 20.9 Å². The van der Waals surface area contributed by atoms with Crippen molar-refractivity contribution < 1.29 is 4.79 Å². The molecular weight excluding hydrogens is 242 g/mol. The summed E-state index contributed by atoms with van der Waals surface area (Å²) in [6.45, 7) is 1.20. The molecule has 0 unspecified atom stereocenters. The quantitative estimate of drug-likeness (QED) is 0.812. The van der Waals surface area contributed by atoms with Gasteiger partial charge in [0.2, 0.25) is 5.91 Å². The molecule has 0 atom stereocenters. The number of aromatic nitrogens is 3. The molecule has 19 heavy (non-hydrogen) atoms. The maximum Gasteiger partial charge on any atom is 0.226 e. The number of hydrogen-bond donors (Lipinski definition) is 2. The zero-order valence-corrected chi connectivity index (χ0v) is 10.8. The van der Waals surface area contributed by atoms with Crippen molar-refractivity contribution in [3.05, 3.63) is 42.2 Å². The Morgan fingerprint density at radius 3 is 2.84 bits per heavy atom. The zero-order valence-electron chi connectivity index (χ0n) is 10.8. The van der Waals surface area contributed by atoms with Gasteiger partial charge in [0.1, 0.15) is 0 Å². The summed E-state index contributed by atoms with van der Waals surface area (Å²) in [6, 6.07) is 9.40. The highest BCUT2D eigenvalue weighted by Crippen LogP contribution is 2.05.